The van der Waals surface area contributed by atoms with Crippen LogP contribution >= 0.6 is 0 Å². The SMILES string of the molecule is CCCCC#N.[Ru].[Zr]. The zero-order valence-electron chi connectivity index (χ0n) is 4.92. The standard InChI is InChI=1S/C5H9N.Ru.Zr/c1-2-3-4-5-6;;/h2-4H2,1H3;;. The second-order valence-corrected chi connectivity index (χ2v) is 1.26. The number of nitrogens with zero attached hydrogens (tertiary/aromatic N) is 1. The Labute approximate surface area is 82.7 Å². The summed E-state index contributed by atoms with van der Waals surface area (Å²) in [5.74, 6) is 0. The normalized spacial score (nSPS) is 5.50. The Morgan fingerprint density at radius 2 is 2.00 bits per heavy atom. The summed E-state index contributed by atoms with van der Waals surface area (Å²) in [5, 5.41) is 7.95. The summed E-state index contributed by atoms with van der Waals surface area (Å²) in [6.07, 6.45) is 2.90. The average Bonchev–Trinajstić information content (AvgIpc) is 1.61. The molecule has 0 N–H and O–H groups in total. The van der Waals surface area contributed by atoms with Crippen molar-refractivity contribution in [2.24, 2.45) is 0 Å². The van der Waals surface area contributed by atoms with Gasteiger partial charge < -0.3 is 0 Å². The molecule has 0 aromatic heterocycles. The zero-order chi connectivity index (χ0) is 4.83. The van der Waals surface area contributed by atoms with E-state index in [0.717, 1.165) is 19.3 Å². The van der Waals surface area contributed by atoms with Crippen molar-refractivity contribution < 1.29 is 45.7 Å². The summed E-state index contributed by atoms with van der Waals surface area (Å²) in [6, 6.07) is 2.07. The smallest absolute Gasteiger partial charge is 0.0621 e. The van der Waals surface area contributed by atoms with E-state index in [1.807, 2.05) is 0 Å². The minimum Gasteiger partial charge on any atom is -0.198 e. The molecule has 0 unspecified atom stereocenters. The molecule has 1 nitrogen and oxygen atoms in total. The molecule has 0 atom stereocenters. The number of hydrogen-bond donors (Lipinski definition) is 0. The molecule has 0 fully saturated rings. The molecule has 0 spiro atoms. The van der Waals surface area contributed by atoms with E-state index in [0.29, 0.717) is 0 Å². The summed E-state index contributed by atoms with van der Waals surface area (Å²) in [7, 11) is 0. The Balaban J connectivity index is -0.000000125. The van der Waals surface area contributed by atoms with Gasteiger partial charge in [-0.2, -0.15) is 5.26 Å². The van der Waals surface area contributed by atoms with Gasteiger partial charge in [0, 0.05) is 52.1 Å². The van der Waals surface area contributed by atoms with E-state index < -0.39 is 0 Å². The van der Waals surface area contributed by atoms with Crippen LogP contribution in [-0.2, 0) is 45.7 Å². The number of hydrogen-bond acceptors (Lipinski definition) is 1. The molecule has 0 bridgehead atoms. The van der Waals surface area contributed by atoms with E-state index in [4.69, 9.17) is 5.26 Å². The first-order valence-electron chi connectivity index (χ1n) is 2.28. The second kappa shape index (κ2) is 15.7. The molecule has 0 saturated carbocycles. The van der Waals surface area contributed by atoms with Gasteiger partial charge in [0.15, 0.2) is 0 Å². The van der Waals surface area contributed by atoms with E-state index in [1.165, 1.54) is 0 Å². The molecule has 0 aliphatic rings. The van der Waals surface area contributed by atoms with Crippen molar-refractivity contribution in [1.29, 1.82) is 5.26 Å². The van der Waals surface area contributed by atoms with Crippen LogP contribution in [0, 0.1) is 11.3 Å². The minimum absolute atomic E-state index is 0. The van der Waals surface area contributed by atoms with Crippen LogP contribution in [0.2, 0.25) is 0 Å². The first kappa shape index (κ1) is 16.0. The first-order valence-corrected chi connectivity index (χ1v) is 2.28. The van der Waals surface area contributed by atoms with E-state index >= 15 is 0 Å². The van der Waals surface area contributed by atoms with Gasteiger partial charge in [-0.3, -0.25) is 0 Å². The quantitative estimate of drug-likeness (QED) is 0.556. The number of unbranched alkanes of at least 4 members (excludes halogenated alkanes) is 2. The Kier molecular flexibility index (Phi) is 31.4. The van der Waals surface area contributed by atoms with Gasteiger partial charge in [-0.1, -0.05) is 13.3 Å². The summed E-state index contributed by atoms with van der Waals surface area (Å²) in [4.78, 5) is 0. The van der Waals surface area contributed by atoms with Crippen LogP contribution in [-0.4, -0.2) is 0 Å². The van der Waals surface area contributed by atoms with Crippen molar-refractivity contribution >= 4 is 0 Å². The molecule has 8 heavy (non-hydrogen) atoms. The fourth-order valence-electron chi connectivity index (χ4n) is 0.256. The third kappa shape index (κ3) is 15.8. The fourth-order valence-corrected chi connectivity index (χ4v) is 0.256. The molecule has 46 valence electrons. The summed E-state index contributed by atoms with van der Waals surface area (Å²) >= 11 is 0. The summed E-state index contributed by atoms with van der Waals surface area (Å²) in [6.45, 7) is 2.08. The number of rotatable bonds is 2. The van der Waals surface area contributed by atoms with E-state index in [-0.39, 0.29) is 45.7 Å². The summed E-state index contributed by atoms with van der Waals surface area (Å²) in [5.41, 5.74) is 0. The van der Waals surface area contributed by atoms with Crippen molar-refractivity contribution in [1.82, 2.24) is 0 Å². The molecule has 0 radical (unpaired) electrons. The maximum Gasteiger partial charge on any atom is 0.0621 e. The maximum atomic E-state index is 7.95. The van der Waals surface area contributed by atoms with Crippen LogP contribution in [0.3, 0.4) is 0 Å². The van der Waals surface area contributed by atoms with Crippen LogP contribution in [0.4, 0.5) is 0 Å². The zero-order valence-corrected chi connectivity index (χ0v) is 9.12. The largest absolute Gasteiger partial charge is 0.198 e. The molecule has 3 heteroatoms. The molecule has 0 heterocycles. The topological polar surface area (TPSA) is 23.8 Å². The molecule has 0 aliphatic carbocycles. The van der Waals surface area contributed by atoms with Crippen LogP contribution in [0.1, 0.15) is 26.2 Å². The van der Waals surface area contributed by atoms with Gasteiger partial charge in [0.2, 0.25) is 0 Å². The van der Waals surface area contributed by atoms with Crippen molar-refractivity contribution in [3.63, 3.8) is 0 Å². The van der Waals surface area contributed by atoms with E-state index in [9.17, 15) is 0 Å². The Morgan fingerprint density at radius 1 is 1.50 bits per heavy atom. The first-order chi connectivity index (χ1) is 2.91. The Morgan fingerprint density at radius 3 is 2.12 bits per heavy atom. The fraction of sp³-hybridized carbons (Fsp3) is 0.800. The predicted octanol–water partition coefficient (Wildman–Crippen LogP) is 1.70. The van der Waals surface area contributed by atoms with Gasteiger partial charge in [-0.05, 0) is 6.42 Å². The van der Waals surface area contributed by atoms with Crippen molar-refractivity contribution in [3.05, 3.63) is 0 Å². The Hall–Kier alpha value is 0.996. The van der Waals surface area contributed by atoms with E-state index in [2.05, 4.69) is 13.0 Å². The molecular weight excluding hydrogens is 266 g/mol. The molecule has 0 aromatic carbocycles. The molecule has 0 aliphatic heterocycles. The molecule has 0 aromatic rings. The van der Waals surface area contributed by atoms with Gasteiger partial charge in [0.05, 0.1) is 6.07 Å². The monoisotopic (exact) mass is 275 g/mol. The Bertz CT molecular complexity index is 59.9. The van der Waals surface area contributed by atoms with E-state index in [1.54, 1.807) is 0 Å². The third-order valence-corrected chi connectivity index (χ3v) is 0.642. The maximum absolute atomic E-state index is 7.95. The van der Waals surface area contributed by atoms with Crippen molar-refractivity contribution in [3.8, 4) is 6.07 Å². The minimum atomic E-state index is 0. The number of nitriles is 1. The van der Waals surface area contributed by atoms with Gasteiger partial charge >= 0.3 is 0 Å². The average molecular weight is 275 g/mol. The molecule has 0 rings (SSSR count). The van der Waals surface area contributed by atoms with Gasteiger partial charge in [-0.25, -0.2) is 0 Å². The van der Waals surface area contributed by atoms with Crippen LogP contribution in [0.15, 0.2) is 0 Å². The van der Waals surface area contributed by atoms with Gasteiger partial charge in [0.1, 0.15) is 0 Å². The third-order valence-electron chi connectivity index (χ3n) is 0.642. The predicted molar refractivity (Wildman–Crippen MR) is 25.1 cm³/mol. The van der Waals surface area contributed by atoms with Crippen molar-refractivity contribution in [2.75, 3.05) is 0 Å². The summed E-state index contributed by atoms with van der Waals surface area (Å²) < 4.78 is 0. The molecule has 0 saturated heterocycles. The molecular formula is C5H9NRuZr. The van der Waals surface area contributed by atoms with Crippen LogP contribution < -0.4 is 0 Å². The second-order valence-electron chi connectivity index (χ2n) is 1.26. The van der Waals surface area contributed by atoms with Crippen LogP contribution in [0.5, 0.6) is 0 Å². The van der Waals surface area contributed by atoms with Gasteiger partial charge in [0.25, 0.3) is 0 Å². The van der Waals surface area contributed by atoms with Crippen molar-refractivity contribution in [2.45, 2.75) is 26.2 Å². The van der Waals surface area contributed by atoms with Gasteiger partial charge in [-0.15, -0.1) is 0 Å². The molecule has 0 amide bonds. The van der Waals surface area contributed by atoms with Crippen LogP contribution in [0.25, 0.3) is 0 Å².